The van der Waals surface area contributed by atoms with Crippen molar-refractivity contribution in [3.05, 3.63) is 52.0 Å². The van der Waals surface area contributed by atoms with Gasteiger partial charge in [-0.1, -0.05) is 19.1 Å². The summed E-state index contributed by atoms with van der Waals surface area (Å²) >= 11 is 1.77. The van der Waals surface area contributed by atoms with E-state index in [2.05, 4.69) is 46.5 Å². The van der Waals surface area contributed by atoms with Gasteiger partial charge in [-0.25, -0.2) is 0 Å². The zero-order chi connectivity index (χ0) is 13.7. The van der Waals surface area contributed by atoms with Crippen LogP contribution in [-0.2, 0) is 6.54 Å². The molecule has 1 unspecified atom stereocenters. The van der Waals surface area contributed by atoms with E-state index in [1.54, 1.807) is 11.3 Å². The maximum atomic E-state index is 5.97. The molecule has 4 heteroatoms. The van der Waals surface area contributed by atoms with Crippen LogP contribution in [0.5, 0.6) is 0 Å². The van der Waals surface area contributed by atoms with Crippen LogP contribution in [0.15, 0.2) is 35.7 Å². The van der Waals surface area contributed by atoms with E-state index < -0.39 is 0 Å². The minimum atomic E-state index is 0.285. The molecule has 0 amide bonds. The Hall–Kier alpha value is -1.23. The molecular formula is C15H21N3S. The first-order valence-corrected chi connectivity index (χ1v) is 7.52. The molecule has 2 rings (SSSR count). The monoisotopic (exact) mass is 275 g/mol. The smallest absolute Gasteiger partial charge is 0.0567 e. The van der Waals surface area contributed by atoms with E-state index in [4.69, 9.17) is 5.73 Å². The van der Waals surface area contributed by atoms with Crippen LogP contribution in [0, 0.1) is 6.92 Å². The van der Waals surface area contributed by atoms with E-state index in [0.29, 0.717) is 6.54 Å². The van der Waals surface area contributed by atoms with Gasteiger partial charge in [0.1, 0.15) is 0 Å². The van der Waals surface area contributed by atoms with Gasteiger partial charge in [0.2, 0.25) is 0 Å². The third-order valence-electron chi connectivity index (χ3n) is 3.25. The molecule has 0 saturated carbocycles. The third-order valence-corrected chi connectivity index (χ3v) is 4.23. The van der Waals surface area contributed by atoms with Gasteiger partial charge in [-0.05, 0) is 37.0 Å². The van der Waals surface area contributed by atoms with Crippen molar-refractivity contribution in [1.82, 2.24) is 9.88 Å². The largest absolute Gasteiger partial charge is 0.329 e. The van der Waals surface area contributed by atoms with Gasteiger partial charge in [-0.15, -0.1) is 11.3 Å². The van der Waals surface area contributed by atoms with Crippen molar-refractivity contribution in [1.29, 1.82) is 0 Å². The predicted molar refractivity (Wildman–Crippen MR) is 81.2 cm³/mol. The Morgan fingerprint density at radius 3 is 2.74 bits per heavy atom. The van der Waals surface area contributed by atoms with Crippen LogP contribution in [-0.4, -0.2) is 23.0 Å². The lowest BCUT2D eigenvalue weighted by molar-refractivity contribution is 0.204. The lowest BCUT2D eigenvalue weighted by Crippen LogP contribution is -2.33. The van der Waals surface area contributed by atoms with E-state index in [-0.39, 0.29) is 6.04 Å². The molecule has 0 radical (unpaired) electrons. The van der Waals surface area contributed by atoms with Crippen molar-refractivity contribution < 1.29 is 0 Å². The van der Waals surface area contributed by atoms with Gasteiger partial charge in [0.25, 0.3) is 0 Å². The maximum absolute atomic E-state index is 5.97. The molecule has 0 fully saturated rings. The highest BCUT2D eigenvalue weighted by molar-refractivity contribution is 7.10. The lowest BCUT2D eigenvalue weighted by atomic mass is 10.2. The number of nitrogens with zero attached hydrogens (tertiary/aromatic N) is 2. The Balaban J connectivity index is 2.15. The maximum Gasteiger partial charge on any atom is 0.0567 e. The number of hydrogen-bond donors (Lipinski definition) is 1. The molecule has 0 aliphatic carbocycles. The molecule has 19 heavy (non-hydrogen) atoms. The molecule has 0 aliphatic rings. The van der Waals surface area contributed by atoms with E-state index in [1.807, 2.05) is 13.0 Å². The number of nitrogens with two attached hydrogens (primary N) is 1. The van der Waals surface area contributed by atoms with Crippen molar-refractivity contribution in [3.63, 3.8) is 0 Å². The zero-order valence-electron chi connectivity index (χ0n) is 11.5. The number of rotatable bonds is 6. The molecule has 1 atom stereocenters. The number of pyridine rings is 1. The van der Waals surface area contributed by atoms with Crippen LogP contribution in [0.3, 0.4) is 0 Å². The zero-order valence-corrected chi connectivity index (χ0v) is 12.4. The number of aromatic nitrogens is 1. The van der Waals surface area contributed by atoms with Crippen LogP contribution in [0.25, 0.3) is 0 Å². The van der Waals surface area contributed by atoms with Crippen LogP contribution in [0.1, 0.15) is 29.2 Å². The molecule has 102 valence electrons. The van der Waals surface area contributed by atoms with E-state index >= 15 is 0 Å². The van der Waals surface area contributed by atoms with Crippen molar-refractivity contribution in [2.24, 2.45) is 5.73 Å². The van der Waals surface area contributed by atoms with E-state index in [1.165, 1.54) is 4.88 Å². The number of aryl methyl sites for hydroxylation is 1. The molecule has 2 aromatic heterocycles. The second-order valence-corrected chi connectivity index (χ2v) is 5.58. The van der Waals surface area contributed by atoms with Crippen LogP contribution < -0.4 is 5.73 Å². The Morgan fingerprint density at radius 1 is 1.32 bits per heavy atom. The number of hydrogen-bond acceptors (Lipinski definition) is 4. The summed E-state index contributed by atoms with van der Waals surface area (Å²) in [6.07, 6.45) is 0. The summed E-state index contributed by atoms with van der Waals surface area (Å²) in [5.41, 5.74) is 8.14. The quantitative estimate of drug-likeness (QED) is 0.881. The fraction of sp³-hybridized carbons (Fsp3) is 0.400. The Morgan fingerprint density at radius 2 is 2.16 bits per heavy atom. The minimum Gasteiger partial charge on any atom is -0.329 e. The first-order chi connectivity index (χ1) is 9.24. The van der Waals surface area contributed by atoms with Gasteiger partial charge in [0, 0.05) is 23.7 Å². The lowest BCUT2D eigenvalue weighted by Gasteiger charge is -2.28. The first-order valence-electron chi connectivity index (χ1n) is 6.64. The normalized spacial score (nSPS) is 12.8. The van der Waals surface area contributed by atoms with Crippen LogP contribution >= 0.6 is 11.3 Å². The van der Waals surface area contributed by atoms with Crippen molar-refractivity contribution >= 4 is 11.3 Å². The van der Waals surface area contributed by atoms with Gasteiger partial charge in [-0.3, -0.25) is 9.88 Å². The highest BCUT2D eigenvalue weighted by Gasteiger charge is 2.19. The van der Waals surface area contributed by atoms with Gasteiger partial charge in [-0.2, -0.15) is 0 Å². The summed E-state index contributed by atoms with van der Waals surface area (Å²) in [5, 5.41) is 2.11. The minimum absolute atomic E-state index is 0.285. The first kappa shape index (κ1) is 14.2. The molecular weight excluding hydrogens is 254 g/mol. The number of likely N-dealkylation sites (N-methyl/N-ethyl adjacent to an activating group) is 1. The van der Waals surface area contributed by atoms with Gasteiger partial charge in [0.15, 0.2) is 0 Å². The second-order valence-electron chi connectivity index (χ2n) is 4.60. The third kappa shape index (κ3) is 3.62. The summed E-state index contributed by atoms with van der Waals surface area (Å²) in [4.78, 5) is 8.29. The average Bonchev–Trinajstić information content (AvgIpc) is 2.92. The molecule has 0 spiro atoms. The average molecular weight is 275 g/mol. The standard InChI is InChI=1S/C15H21N3S/c1-3-18(11-13-7-4-6-12(2)17-13)14(10-16)15-8-5-9-19-15/h4-9,14H,3,10-11,16H2,1-2H3. The summed E-state index contributed by atoms with van der Waals surface area (Å²) in [6.45, 7) is 6.65. The Labute approximate surface area is 119 Å². The summed E-state index contributed by atoms with van der Waals surface area (Å²) in [6, 6.07) is 10.7. The molecule has 0 aliphatic heterocycles. The van der Waals surface area contributed by atoms with E-state index in [0.717, 1.165) is 24.5 Å². The molecule has 2 aromatic rings. The predicted octanol–water partition coefficient (Wildman–Crippen LogP) is 2.97. The summed E-state index contributed by atoms with van der Waals surface area (Å²) in [5.74, 6) is 0. The Bertz CT molecular complexity index is 496. The van der Waals surface area contributed by atoms with Crippen molar-refractivity contribution in [2.75, 3.05) is 13.1 Å². The van der Waals surface area contributed by atoms with Crippen LogP contribution in [0.4, 0.5) is 0 Å². The highest BCUT2D eigenvalue weighted by Crippen LogP contribution is 2.25. The SMILES string of the molecule is CCN(Cc1cccc(C)n1)C(CN)c1cccs1. The highest BCUT2D eigenvalue weighted by atomic mass is 32.1. The van der Waals surface area contributed by atoms with E-state index in [9.17, 15) is 0 Å². The van der Waals surface area contributed by atoms with Gasteiger partial charge in [0.05, 0.1) is 11.7 Å². The fourth-order valence-electron chi connectivity index (χ4n) is 2.26. The Kier molecular flexibility index (Phi) is 5.07. The molecule has 3 nitrogen and oxygen atoms in total. The fourth-order valence-corrected chi connectivity index (χ4v) is 3.14. The molecule has 0 bridgehead atoms. The van der Waals surface area contributed by atoms with Crippen molar-refractivity contribution in [2.45, 2.75) is 26.4 Å². The van der Waals surface area contributed by atoms with Crippen LogP contribution in [0.2, 0.25) is 0 Å². The molecule has 0 aromatic carbocycles. The van der Waals surface area contributed by atoms with Crippen molar-refractivity contribution in [3.8, 4) is 0 Å². The molecule has 2 heterocycles. The second kappa shape index (κ2) is 6.80. The summed E-state index contributed by atoms with van der Waals surface area (Å²) < 4.78 is 0. The molecule has 0 saturated heterocycles. The number of thiophene rings is 1. The van der Waals surface area contributed by atoms with Gasteiger partial charge < -0.3 is 5.73 Å². The summed E-state index contributed by atoms with van der Waals surface area (Å²) in [7, 11) is 0. The topological polar surface area (TPSA) is 42.2 Å². The van der Waals surface area contributed by atoms with Gasteiger partial charge >= 0.3 is 0 Å². The molecule has 2 N–H and O–H groups in total.